The van der Waals surface area contributed by atoms with Crippen LogP contribution in [0.5, 0.6) is 0 Å². The van der Waals surface area contributed by atoms with Gasteiger partial charge >= 0.3 is 0 Å². The van der Waals surface area contributed by atoms with Crippen molar-refractivity contribution in [1.29, 1.82) is 0 Å². The Labute approximate surface area is 113 Å². The highest BCUT2D eigenvalue weighted by Gasteiger charge is 2.21. The minimum atomic E-state index is -0.910. The molecule has 0 saturated heterocycles. The predicted molar refractivity (Wildman–Crippen MR) is 68.6 cm³/mol. The first-order valence-electron chi connectivity index (χ1n) is 5.87. The lowest BCUT2D eigenvalue weighted by molar-refractivity contribution is 0.463. The van der Waals surface area contributed by atoms with E-state index in [0.29, 0.717) is 25.1 Å². The first kappa shape index (κ1) is 14.0. The Kier molecular flexibility index (Phi) is 4.55. The highest BCUT2D eigenvalue weighted by Crippen LogP contribution is 2.26. The quantitative estimate of drug-likeness (QED) is 0.910. The number of halogens is 3. The van der Waals surface area contributed by atoms with Crippen LogP contribution in [0.4, 0.5) is 13.2 Å². The van der Waals surface area contributed by atoms with Gasteiger partial charge in [0.2, 0.25) is 0 Å². The molecule has 2 rings (SSSR count). The summed E-state index contributed by atoms with van der Waals surface area (Å²) in [7, 11) is 0. The van der Waals surface area contributed by atoms with Crippen molar-refractivity contribution in [3.63, 3.8) is 0 Å². The van der Waals surface area contributed by atoms with E-state index >= 15 is 0 Å². The van der Waals surface area contributed by atoms with Crippen LogP contribution in [0, 0.1) is 17.5 Å². The first-order chi connectivity index (χ1) is 9.11. The van der Waals surface area contributed by atoms with Gasteiger partial charge in [-0.1, -0.05) is 6.92 Å². The van der Waals surface area contributed by atoms with Crippen molar-refractivity contribution in [1.82, 2.24) is 10.3 Å². The van der Waals surface area contributed by atoms with Crippen LogP contribution in [0.15, 0.2) is 23.8 Å². The summed E-state index contributed by atoms with van der Waals surface area (Å²) in [6.45, 7) is 2.40. The molecule has 0 bridgehead atoms. The number of rotatable bonds is 5. The summed E-state index contributed by atoms with van der Waals surface area (Å²) in [5.74, 6) is -2.65. The summed E-state index contributed by atoms with van der Waals surface area (Å²) in [6.07, 6.45) is 2.08. The largest absolute Gasteiger partial charge is 0.310 e. The zero-order valence-corrected chi connectivity index (χ0v) is 11.1. The fraction of sp³-hybridized carbons (Fsp3) is 0.308. The van der Waals surface area contributed by atoms with E-state index in [4.69, 9.17) is 0 Å². The molecule has 19 heavy (non-hydrogen) atoms. The third kappa shape index (κ3) is 3.33. The Morgan fingerprint density at radius 3 is 2.47 bits per heavy atom. The molecule has 0 aliphatic heterocycles. The van der Waals surface area contributed by atoms with E-state index in [1.807, 2.05) is 6.92 Å². The number of thiazole rings is 1. The maximum absolute atomic E-state index is 13.8. The number of hydrogen-bond donors (Lipinski definition) is 1. The molecule has 1 aromatic heterocycles. The molecule has 102 valence electrons. The first-order valence-corrected chi connectivity index (χ1v) is 6.75. The molecule has 1 atom stereocenters. The molecule has 1 aromatic carbocycles. The van der Waals surface area contributed by atoms with E-state index in [9.17, 15) is 13.2 Å². The van der Waals surface area contributed by atoms with Crippen LogP contribution >= 0.6 is 11.3 Å². The van der Waals surface area contributed by atoms with Crippen LogP contribution < -0.4 is 5.32 Å². The van der Waals surface area contributed by atoms with Gasteiger partial charge in [-0.15, -0.1) is 11.3 Å². The Hall–Kier alpha value is -1.40. The Balaban J connectivity index is 2.33. The Bertz CT molecular complexity index is 520. The average Bonchev–Trinajstić information content (AvgIpc) is 2.80. The van der Waals surface area contributed by atoms with Crippen LogP contribution in [-0.4, -0.2) is 11.5 Å². The zero-order valence-electron chi connectivity index (χ0n) is 10.3. The Morgan fingerprint density at radius 1 is 1.26 bits per heavy atom. The molecule has 0 aliphatic carbocycles. The third-order valence-electron chi connectivity index (χ3n) is 2.73. The molecular formula is C13H13F3N2S. The zero-order chi connectivity index (χ0) is 13.8. The van der Waals surface area contributed by atoms with E-state index in [2.05, 4.69) is 10.3 Å². The molecule has 0 aliphatic rings. The van der Waals surface area contributed by atoms with Crippen molar-refractivity contribution < 1.29 is 13.2 Å². The fourth-order valence-corrected chi connectivity index (χ4v) is 2.59. The third-order valence-corrected chi connectivity index (χ3v) is 3.53. The number of likely N-dealkylation sites (N-methyl/N-ethyl adjacent to an activating group) is 1. The van der Waals surface area contributed by atoms with Crippen LogP contribution in [0.2, 0.25) is 0 Å². The second-order valence-corrected chi connectivity index (χ2v) is 5.04. The van der Waals surface area contributed by atoms with Gasteiger partial charge in [0.1, 0.15) is 17.5 Å². The van der Waals surface area contributed by atoms with Gasteiger partial charge in [0, 0.05) is 41.2 Å². The molecular weight excluding hydrogens is 273 g/mol. The standard InChI is InChI=1S/C13H13F3N2S/c1-2-18-12(5-9-6-17-7-19-9)13-10(15)3-8(14)4-11(13)16/h3-4,6-7,12,18H,2,5H2,1H3. The normalized spacial score (nSPS) is 12.6. The van der Waals surface area contributed by atoms with Gasteiger partial charge in [-0.2, -0.15) is 0 Å². The second-order valence-electron chi connectivity index (χ2n) is 4.07. The molecule has 1 heterocycles. The maximum atomic E-state index is 13.8. The van der Waals surface area contributed by atoms with Gasteiger partial charge in [-0.3, -0.25) is 4.98 Å². The van der Waals surface area contributed by atoms with E-state index in [0.717, 1.165) is 4.88 Å². The van der Waals surface area contributed by atoms with E-state index in [1.165, 1.54) is 11.3 Å². The highest BCUT2D eigenvalue weighted by molar-refractivity contribution is 7.09. The molecule has 0 spiro atoms. The molecule has 1 N–H and O–H groups in total. The van der Waals surface area contributed by atoms with Crippen molar-refractivity contribution in [3.8, 4) is 0 Å². The molecule has 2 aromatic rings. The maximum Gasteiger partial charge on any atom is 0.133 e. The van der Waals surface area contributed by atoms with Crippen LogP contribution in [0.25, 0.3) is 0 Å². The number of benzene rings is 1. The van der Waals surface area contributed by atoms with Crippen LogP contribution in [0.1, 0.15) is 23.4 Å². The van der Waals surface area contributed by atoms with Crippen molar-refractivity contribution in [2.75, 3.05) is 6.54 Å². The van der Waals surface area contributed by atoms with Crippen LogP contribution in [-0.2, 0) is 6.42 Å². The number of nitrogens with zero attached hydrogens (tertiary/aromatic N) is 1. The SMILES string of the molecule is CCNC(Cc1cncs1)c1c(F)cc(F)cc1F. The summed E-state index contributed by atoms with van der Waals surface area (Å²) in [5, 5.41) is 3.01. The van der Waals surface area contributed by atoms with Gasteiger partial charge in [-0.25, -0.2) is 13.2 Å². The van der Waals surface area contributed by atoms with E-state index in [1.54, 1.807) is 11.7 Å². The predicted octanol–water partition coefficient (Wildman–Crippen LogP) is 3.45. The molecule has 0 saturated carbocycles. The summed E-state index contributed by atoms with van der Waals surface area (Å²) in [6, 6.07) is 0.872. The topological polar surface area (TPSA) is 24.9 Å². The van der Waals surface area contributed by atoms with E-state index < -0.39 is 23.5 Å². The minimum Gasteiger partial charge on any atom is -0.310 e. The monoisotopic (exact) mass is 286 g/mol. The lowest BCUT2D eigenvalue weighted by Gasteiger charge is -2.19. The summed E-state index contributed by atoms with van der Waals surface area (Å²) < 4.78 is 40.5. The molecule has 2 nitrogen and oxygen atoms in total. The number of aromatic nitrogens is 1. The van der Waals surface area contributed by atoms with Crippen molar-refractivity contribution in [2.24, 2.45) is 0 Å². The smallest absolute Gasteiger partial charge is 0.133 e. The fourth-order valence-electron chi connectivity index (χ4n) is 1.95. The lowest BCUT2D eigenvalue weighted by atomic mass is 10.0. The average molecular weight is 286 g/mol. The molecule has 0 amide bonds. The van der Waals surface area contributed by atoms with Crippen molar-refractivity contribution >= 4 is 11.3 Å². The van der Waals surface area contributed by atoms with Crippen molar-refractivity contribution in [2.45, 2.75) is 19.4 Å². The number of nitrogens with one attached hydrogen (secondary N) is 1. The van der Waals surface area contributed by atoms with Gasteiger partial charge in [0.15, 0.2) is 0 Å². The van der Waals surface area contributed by atoms with Crippen molar-refractivity contribution in [3.05, 3.63) is 51.7 Å². The minimum absolute atomic E-state index is 0.128. The summed E-state index contributed by atoms with van der Waals surface area (Å²) >= 11 is 1.42. The van der Waals surface area contributed by atoms with Gasteiger partial charge < -0.3 is 5.32 Å². The number of hydrogen-bond acceptors (Lipinski definition) is 3. The van der Waals surface area contributed by atoms with Crippen LogP contribution in [0.3, 0.4) is 0 Å². The molecule has 6 heteroatoms. The molecule has 1 unspecified atom stereocenters. The van der Waals surface area contributed by atoms with Gasteiger partial charge in [0.05, 0.1) is 5.51 Å². The van der Waals surface area contributed by atoms with E-state index in [-0.39, 0.29) is 5.56 Å². The summed E-state index contributed by atoms with van der Waals surface area (Å²) in [5.41, 5.74) is 1.53. The van der Waals surface area contributed by atoms with Gasteiger partial charge in [-0.05, 0) is 6.54 Å². The highest BCUT2D eigenvalue weighted by atomic mass is 32.1. The molecule has 0 radical (unpaired) electrons. The Morgan fingerprint density at radius 2 is 1.95 bits per heavy atom. The lowest BCUT2D eigenvalue weighted by Crippen LogP contribution is -2.25. The summed E-state index contributed by atoms with van der Waals surface area (Å²) in [4.78, 5) is 4.84. The van der Waals surface area contributed by atoms with Gasteiger partial charge in [0.25, 0.3) is 0 Å². The molecule has 0 fully saturated rings. The second kappa shape index (κ2) is 6.16.